The summed E-state index contributed by atoms with van der Waals surface area (Å²) in [5.74, 6) is -0.619. The molecule has 2 aromatic rings. The van der Waals surface area contributed by atoms with Crippen molar-refractivity contribution in [1.82, 2.24) is 10.2 Å². The molecule has 0 heterocycles. The number of aryl methyl sites for hydroxylation is 2. The van der Waals surface area contributed by atoms with E-state index < -0.39 is 28.5 Å². The van der Waals surface area contributed by atoms with Gasteiger partial charge >= 0.3 is 0 Å². The molecule has 0 aliphatic carbocycles. The zero-order valence-electron chi connectivity index (χ0n) is 20.9. The highest BCUT2D eigenvalue weighted by molar-refractivity contribution is 7.92. The van der Waals surface area contributed by atoms with Gasteiger partial charge in [-0.05, 0) is 67.6 Å². The number of carbonyl (C=O) groups excluding carboxylic acids is 2. The monoisotopic (exact) mass is 541 g/mol. The predicted octanol–water partition coefficient (Wildman–Crippen LogP) is 4.57. The van der Waals surface area contributed by atoms with E-state index in [2.05, 4.69) is 5.32 Å². The third-order valence-electron chi connectivity index (χ3n) is 5.65. The molecule has 0 saturated carbocycles. The zero-order valence-corrected chi connectivity index (χ0v) is 23.3. The number of sulfonamides is 1. The summed E-state index contributed by atoms with van der Waals surface area (Å²) in [5, 5.41) is 3.53. The number of halogens is 2. The molecule has 7 nitrogen and oxygen atoms in total. The number of rotatable bonds is 10. The molecule has 2 aromatic carbocycles. The Morgan fingerprint density at radius 1 is 0.971 bits per heavy atom. The van der Waals surface area contributed by atoms with E-state index in [1.165, 1.54) is 4.90 Å². The molecule has 1 N–H and O–H groups in total. The first-order valence-corrected chi connectivity index (χ1v) is 13.9. The van der Waals surface area contributed by atoms with Crippen LogP contribution in [0.25, 0.3) is 0 Å². The Morgan fingerprint density at radius 2 is 1.63 bits per heavy atom. The van der Waals surface area contributed by atoms with Crippen LogP contribution in [-0.4, -0.2) is 50.5 Å². The predicted molar refractivity (Wildman–Crippen MR) is 142 cm³/mol. The second-order valence-corrected chi connectivity index (χ2v) is 11.8. The number of nitrogens with zero attached hydrogens (tertiary/aromatic N) is 2. The van der Waals surface area contributed by atoms with Crippen LogP contribution >= 0.6 is 23.2 Å². The molecule has 0 aromatic heterocycles. The summed E-state index contributed by atoms with van der Waals surface area (Å²) >= 11 is 12.2. The molecule has 2 amide bonds. The van der Waals surface area contributed by atoms with Crippen molar-refractivity contribution in [3.8, 4) is 0 Å². The highest BCUT2D eigenvalue weighted by Gasteiger charge is 2.30. The Labute approximate surface area is 218 Å². The van der Waals surface area contributed by atoms with Gasteiger partial charge in [-0.1, -0.05) is 49.2 Å². The van der Waals surface area contributed by atoms with Crippen LogP contribution in [0.15, 0.2) is 36.4 Å². The maximum Gasteiger partial charge on any atom is 0.244 e. The smallest absolute Gasteiger partial charge is 0.244 e. The molecule has 35 heavy (non-hydrogen) atoms. The third-order valence-corrected chi connectivity index (χ3v) is 7.53. The second-order valence-electron chi connectivity index (χ2n) is 9.12. The van der Waals surface area contributed by atoms with E-state index in [9.17, 15) is 18.0 Å². The number of carbonyl (C=O) groups is 2. The van der Waals surface area contributed by atoms with Gasteiger partial charge in [0.1, 0.15) is 12.6 Å². The van der Waals surface area contributed by atoms with Gasteiger partial charge < -0.3 is 10.2 Å². The number of anilines is 1. The molecule has 1 atom stereocenters. The lowest BCUT2D eigenvalue weighted by atomic mass is 10.1. The summed E-state index contributed by atoms with van der Waals surface area (Å²) in [4.78, 5) is 27.8. The maximum absolute atomic E-state index is 13.5. The molecule has 0 aliphatic rings. The van der Waals surface area contributed by atoms with E-state index in [1.54, 1.807) is 37.3 Å². The van der Waals surface area contributed by atoms with Gasteiger partial charge in [0.15, 0.2) is 0 Å². The van der Waals surface area contributed by atoms with Crippen LogP contribution in [0.5, 0.6) is 0 Å². The van der Waals surface area contributed by atoms with Crippen LogP contribution in [0.4, 0.5) is 5.69 Å². The van der Waals surface area contributed by atoms with E-state index in [-0.39, 0.29) is 18.4 Å². The summed E-state index contributed by atoms with van der Waals surface area (Å²) in [5.41, 5.74) is 2.95. The van der Waals surface area contributed by atoms with Crippen LogP contribution in [0.2, 0.25) is 10.0 Å². The molecule has 192 valence electrons. The molecule has 10 heteroatoms. The molecule has 0 fully saturated rings. The first-order chi connectivity index (χ1) is 16.2. The van der Waals surface area contributed by atoms with E-state index in [1.807, 2.05) is 33.8 Å². The molecule has 0 spiro atoms. The summed E-state index contributed by atoms with van der Waals surface area (Å²) < 4.78 is 26.4. The molecule has 2 rings (SSSR count). The standard InChI is InChI=1S/C25H33Cl2N3O4S/c1-16(2)13-28-25(32)19(5)29(14-20-8-10-22(26)23(27)12-20)24(31)15-30(35(6,33)34)21-9-7-17(3)18(4)11-21/h7-12,16,19H,13-15H2,1-6H3,(H,28,32). The van der Waals surface area contributed by atoms with E-state index >= 15 is 0 Å². The fourth-order valence-electron chi connectivity index (χ4n) is 3.36. The number of hydrogen-bond donors (Lipinski definition) is 1. The van der Waals surface area contributed by atoms with Crippen LogP contribution in [-0.2, 0) is 26.2 Å². The summed E-state index contributed by atoms with van der Waals surface area (Å²) in [6.07, 6.45) is 1.05. The topological polar surface area (TPSA) is 86.8 Å². The number of amides is 2. The van der Waals surface area contributed by atoms with Gasteiger partial charge in [0, 0.05) is 13.1 Å². The lowest BCUT2D eigenvalue weighted by Crippen LogP contribution is -2.51. The molecule has 1 unspecified atom stereocenters. The Kier molecular flexibility index (Phi) is 10.0. The molecule has 0 aliphatic heterocycles. The van der Waals surface area contributed by atoms with E-state index in [0.29, 0.717) is 27.8 Å². The minimum absolute atomic E-state index is 0.0521. The van der Waals surface area contributed by atoms with Crippen LogP contribution in [0.3, 0.4) is 0 Å². The first-order valence-electron chi connectivity index (χ1n) is 11.3. The van der Waals surface area contributed by atoms with Crippen LogP contribution < -0.4 is 9.62 Å². The van der Waals surface area contributed by atoms with Crippen molar-refractivity contribution in [1.29, 1.82) is 0 Å². The van der Waals surface area contributed by atoms with Gasteiger partial charge in [-0.15, -0.1) is 0 Å². The maximum atomic E-state index is 13.5. The minimum atomic E-state index is -3.78. The summed E-state index contributed by atoms with van der Waals surface area (Å²) in [6, 6.07) is 9.30. The van der Waals surface area contributed by atoms with Crippen molar-refractivity contribution in [3.63, 3.8) is 0 Å². The highest BCUT2D eigenvalue weighted by atomic mass is 35.5. The molecular weight excluding hydrogens is 509 g/mol. The Bertz CT molecular complexity index is 1190. The van der Waals surface area contributed by atoms with Crippen molar-refractivity contribution < 1.29 is 18.0 Å². The van der Waals surface area contributed by atoms with Crippen molar-refractivity contribution in [2.24, 2.45) is 5.92 Å². The van der Waals surface area contributed by atoms with E-state index in [0.717, 1.165) is 21.7 Å². The normalized spacial score (nSPS) is 12.4. The van der Waals surface area contributed by atoms with Gasteiger partial charge in [0.2, 0.25) is 21.8 Å². The Morgan fingerprint density at radius 3 is 2.17 bits per heavy atom. The lowest BCUT2D eigenvalue weighted by Gasteiger charge is -2.31. The summed E-state index contributed by atoms with van der Waals surface area (Å²) in [6.45, 7) is 9.40. The van der Waals surface area contributed by atoms with Gasteiger partial charge in [0.25, 0.3) is 0 Å². The van der Waals surface area contributed by atoms with Crippen LogP contribution in [0, 0.1) is 19.8 Å². The number of nitrogens with one attached hydrogen (secondary N) is 1. The Hall–Kier alpha value is -2.29. The van der Waals surface area contributed by atoms with Crippen LogP contribution in [0.1, 0.15) is 37.5 Å². The van der Waals surface area contributed by atoms with Gasteiger partial charge in [0.05, 0.1) is 22.0 Å². The molecule has 0 radical (unpaired) electrons. The molecule has 0 saturated heterocycles. The number of benzene rings is 2. The highest BCUT2D eigenvalue weighted by Crippen LogP contribution is 2.25. The van der Waals surface area contributed by atoms with Crippen molar-refractivity contribution in [2.75, 3.05) is 23.7 Å². The SMILES string of the molecule is Cc1ccc(N(CC(=O)N(Cc2ccc(Cl)c(Cl)c2)C(C)C(=O)NCC(C)C)S(C)(=O)=O)cc1C. The number of hydrogen-bond acceptors (Lipinski definition) is 4. The van der Waals surface area contributed by atoms with Gasteiger partial charge in [-0.25, -0.2) is 8.42 Å². The second kappa shape index (κ2) is 12.1. The van der Waals surface area contributed by atoms with Gasteiger partial charge in [-0.2, -0.15) is 0 Å². The first kappa shape index (κ1) is 28.9. The third kappa shape index (κ3) is 8.12. The quantitative estimate of drug-likeness (QED) is 0.477. The average Bonchev–Trinajstić information content (AvgIpc) is 2.77. The molecule has 0 bridgehead atoms. The largest absolute Gasteiger partial charge is 0.354 e. The van der Waals surface area contributed by atoms with E-state index in [4.69, 9.17) is 23.2 Å². The zero-order chi connectivity index (χ0) is 26.5. The van der Waals surface area contributed by atoms with Crippen molar-refractivity contribution in [3.05, 3.63) is 63.1 Å². The lowest BCUT2D eigenvalue weighted by molar-refractivity contribution is -0.139. The van der Waals surface area contributed by atoms with Crippen molar-refractivity contribution in [2.45, 2.75) is 47.2 Å². The van der Waals surface area contributed by atoms with Gasteiger partial charge in [-0.3, -0.25) is 13.9 Å². The van der Waals surface area contributed by atoms with Crippen molar-refractivity contribution >= 4 is 50.7 Å². The summed E-state index contributed by atoms with van der Waals surface area (Å²) in [7, 11) is -3.78. The fourth-order valence-corrected chi connectivity index (χ4v) is 4.53. The minimum Gasteiger partial charge on any atom is -0.354 e. The molecular formula is C25H33Cl2N3O4S. The Balaban J connectivity index is 2.41. The fraction of sp³-hybridized carbons (Fsp3) is 0.440. The average molecular weight is 543 g/mol.